The number of aryl methyl sites for hydroxylation is 1. The van der Waals surface area contributed by atoms with E-state index in [9.17, 15) is 21.6 Å². The third-order valence-corrected chi connectivity index (χ3v) is 6.20. The maximum absolute atomic E-state index is 12.9. The number of benzene rings is 2. The van der Waals surface area contributed by atoms with Gasteiger partial charge in [0.05, 0.1) is 15.4 Å². The van der Waals surface area contributed by atoms with Crippen molar-refractivity contribution in [2.45, 2.75) is 17.3 Å². The molecule has 1 aromatic heterocycles. The van der Waals surface area contributed by atoms with Crippen LogP contribution in [0.3, 0.4) is 0 Å². The maximum atomic E-state index is 12.9. The second-order valence-corrected chi connectivity index (χ2v) is 8.25. The number of fused-ring (bicyclic) bond motifs is 1. The van der Waals surface area contributed by atoms with Crippen molar-refractivity contribution < 1.29 is 25.8 Å². The maximum Gasteiger partial charge on any atom is 0.479 e. The lowest BCUT2D eigenvalue weighted by Gasteiger charge is -2.11. The Hall–Kier alpha value is -1.84. The number of aromatic nitrogens is 1. The van der Waals surface area contributed by atoms with Crippen LogP contribution in [-0.4, -0.2) is 17.9 Å². The summed E-state index contributed by atoms with van der Waals surface area (Å²) in [4.78, 5) is 0.0877. The third kappa shape index (κ3) is 3.51. The van der Waals surface area contributed by atoms with Crippen LogP contribution in [0.2, 0.25) is 5.02 Å². The first-order chi connectivity index (χ1) is 12.1. The van der Waals surface area contributed by atoms with Crippen molar-refractivity contribution in [2.75, 3.05) is 0 Å². The highest BCUT2D eigenvalue weighted by Crippen LogP contribution is 2.40. The molecule has 2 aromatic carbocycles. The summed E-state index contributed by atoms with van der Waals surface area (Å²) in [6.45, 7) is 1.57. The highest BCUT2D eigenvalue weighted by Gasteiger charge is 2.32. The van der Waals surface area contributed by atoms with E-state index in [1.807, 2.05) is 0 Å². The van der Waals surface area contributed by atoms with Crippen LogP contribution in [0.4, 0.5) is 13.2 Å². The predicted octanol–water partition coefficient (Wildman–Crippen LogP) is 5.39. The average Bonchev–Trinajstić information content (AvgIpc) is 2.92. The van der Waals surface area contributed by atoms with Crippen molar-refractivity contribution in [1.29, 1.82) is 0 Å². The fourth-order valence-electron chi connectivity index (χ4n) is 2.51. The Morgan fingerprint density at radius 1 is 1.12 bits per heavy atom. The Balaban J connectivity index is 2.12. The van der Waals surface area contributed by atoms with Gasteiger partial charge in [0.25, 0.3) is 10.0 Å². The van der Waals surface area contributed by atoms with Gasteiger partial charge in [-0.3, -0.25) is 0 Å². The smallest absolute Gasteiger partial charge is 0.416 e. The molecule has 0 amide bonds. The molecule has 0 aliphatic heterocycles. The van der Waals surface area contributed by atoms with E-state index >= 15 is 0 Å². The normalized spacial score (nSPS) is 12.5. The molecule has 1 heterocycles. The molecule has 0 unspecified atom stereocenters. The van der Waals surface area contributed by atoms with Crippen LogP contribution in [0.1, 0.15) is 5.69 Å². The molecule has 4 nitrogen and oxygen atoms in total. The van der Waals surface area contributed by atoms with E-state index in [0.717, 1.165) is 3.97 Å². The van der Waals surface area contributed by atoms with Gasteiger partial charge in [-0.25, -0.2) is 12.4 Å². The van der Waals surface area contributed by atoms with Gasteiger partial charge in [-0.05, 0) is 37.3 Å². The van der Waals surface area contributed by atoms with Gasteiger partial charge in [0.2, 0.25) is 0 Å². The van der Waals surface area contributed by atoms with E-state index in [4.69, 9.17) is 11.6 Å². The summed E-state index contributed by atoms with van der Waals surface area (Å²) in [7, 11) is -3.89. The largest absolute Gasteiger partial charge is 0.479 e. The first-order valence-corrected chi connectivity index (χ1v) is 9.71. The molecule has 0 aliphatic rings. The van der Waals surface area contributed by atoms with Gasteiger partial charge in [-0.2, -0.15) is 13.2 Å². The average molecular weight is 422 g/mol. The SMILES string of the molecule is Cc1cc2c(Cl)c(OSC(F)(F)F)ccc2n1S(=O)(=O)c1ccccc1. The molecular formula is C16H11ClF3NO3S2. The minimum Gasteiger partial charge on any atom is -0.416 e. The van der Waals surface area contributed by atoms with Crippen LogP contribution in [0.15, 0.2) is 53.4 Å². The van der Waals surface area contributed by atoms with E-state index in [1.165, 1.54) is 30.3 Å². The number of nitrogens with zero attached hydrogens (tertiary/aromatic N) is 1. The Labute approximate surface area is 156 Å². The summed E-state index contributed by atoms with van der Waals surface area (Å²) >= 11 is 5.45. The van der Waals surface area contributed by atoms with Crippen molar-refractivity contribution in [3.8, 4) is 5.75 Å². The second-order valence-electron chi connectivity index (χ2n) is 5.29. The highest BCUT2D eigenvalue weighted by molar-refractivity contribution is 7.95. The van der Waals surface area contributed by atoms with Crippen LogP contribution in [0, 0.1) is 6.92 Å². The zero-order chi connectivity index (χ0) is 19.1. The zero-order valence-corrected chi connectivity index (χ0v) is 15.5. The summed E-state index contributed by atoms with van der Waals surface area (Å²) in [5.74, 6) is -0.198. The van der Waals surface area contributed by atoms with Gasteiger partial charge >= 0.3 is 5.51 Å². The summed E-state index contributed by atoms with van der Waals surface area (Å²) in [5, 5.41) is 0.188. The number of rotatable bonds is 4. The lowest BCUT2D eigenvalue weighted by Crippen LogP contribution is -2.14. The molecule has 0 spiro atoms. The molecular weight excluding hydrogens is 411 g/mol. The van der Waals surface area contributed by atoms with E-state index in [2.05, 4.69) is 4.18 Å². The van der Waals surface area contributed by atoms with Gasteiger partial charge in [0.15, 0.2) is 17.8 Å². The second kappa shape index (κ2) is 6.71. The van der Waals surface area contributed by atoms with Crippen LogP contribution in [0.5, 0.6) is 5.75 Å². The van der Waals surface area contributed by atoms with Crippen molar-refractivity contribution in [1.82, 2.24) is 3.97 Å². The quantitative estimate of drug-likeness (QED) is 0.530. The molecule has 0 fully saturated rings. The number of alkyl halides is 3. The summed E-state index contributed by atoms with van der Waals surface area (Å²) in [5.41, 5.74) is -3.97. The number of hydrogen-bond acceptors (Lipinski definition) is 4. The molecule has 138 valence electrons. The standard InChI is InChI=1S/C16H11ClF3NO3S2/c1-10-9-12-13(7-8-14(15(12)17)24-25-16(18,19)20)21(10)26(22,23)11-5-3-2-4-6-11/h2-9H,1H3. The van der Waals surface area contributed by atoms with Gasteiger partial charge in [0.1, 0.15) is 0 Å². The molecule has 0 saturated carbocycles. The lowest BCUT2D eigenvalue weighted by atomic mass is 10.2. The Bertz CT molecular complexity index is 1060. The molecule has 10 heteroatoms. The van der Waals surface area contributed by atoms with E-state index < -0.39 is 27.6 Å². The van der Waals surface area contributed by atoms with Crippen molar-refractivity contribution >= 4 is 44.6 Å². The van der Waals surface area contributed by atoms with Crippen molar-refractivity contribution in [3.63, 3.8) is 0 Å². The Morgan fingerprint density at radius 3 is 2.38 bits per heavy atom. The lowest BCUT2D eigenvalue weighted by molar-refractivity contribution is -0.0369. The topological polar surface area (TPSA) is 48.3 Å². The van der Waals surface area contributed by atoms with Crippen molar-refractivity contribution in [3.05, 3.63) is 59.2 Å². The van der Waals surface area contributed by atoms with Crippen LogP contribution < -0.4 is 4.18 Å². The van der Waals surface area contributed by atoms with Crippen LogP contribution in [0.25, 0.3) is 10.9 Å². The first kappa shape index (κ1) is 18.9. The molecule has 3 aromatic rings. The molecule has 0 atom stereocenters. The van der Waals surface area contributed by atoms with Crippen molar-refractivity contribution in [2.24, 2.45) is 0 Å². The van der Waals surface area contributed by atoms with Gasteiger partial charge < -0.3 is 4.18 Å². The predicted molar refractivity (Wildman–Crippen MR) is 95.0 cm³/mol. The summed E-state index contributed by atoms with van der Waals surface area (Å²) in [6, 6.07) is 11.9. The van der Waals surface area contributed by atoms with E-state index in [1.54, 1.807) is 25.1 Å². The molecule has 0 bridgehead atoms. The molecule has 0 radical (unpaired) electrons. The molecule has 26 heavy (non-hydrogen) atoms. The molecule has 0 aliphatic carbocycles. The number of halogens is 4. The highest BCUT2D eigenvalue weighted by atomic mass is 35.5. The van der Waals surface area contributed by atoms with Crippen LogP contribution >= 0.6 is 23.6 Å². The molecule has 0 N–H and O–H groups in total. The summed E-state index contributed by atoms with van der Waals surface area (Å²) in [6.07, 6.45) is 0. The molecule has 0 saturated heterocycles. The fraction of sp³-hybridized carbons (Fsp3) is 0.125. The van der Waals surface area contributed by atoms with Crippen LogP contribution in [-0.2, 0) is 10.0 Å². The Morgan fingerprint density at radius 2 is 1.77 bits per heavy atom. The Kier molecular flexibility index (Phi) is 4.89. The van der Waals surface area contributed by atoms with Gasteiger partial charge in [0, 0.05) is 11.1 Å². The van der Waals surface area contributed by atoms with E-state index in [0.29, 0.717) is 5.69 Å². The monoisotopic (exact) mass is 421 g/mol. The first-order valence-electron chi connectivity index (χ1n) is 7.15. The zero-order valence-electron chi connectivity index (χ0n) is 13.1. The van der Waals surface area contributed by atoms with Gasteiger partial charge in [-0.15, -0.1) is 0 Å². The minimum atomic E-state index is -4.59. The third-order valence-electron chi connectivity index (χ3n) is 3.52. The van der Waals surface area contributed by atoms with Gasteiger partial charge in [-0.1, -0.05) is 29.8 Å². The summed E-state index contributed by atoms with van der Waals surface area (Å²) < 4.78 is 68.5. The number of hydrogen-bond donors (Lipinski definition) is 0. The van der Waals surface area contributed by atoms with E-state index in [-0.39, 0.29) is 26.6 Å². The minimum absolute atomic E-state index is 0.0877. The molecule has 3 rings (SSSR count). The fourth-order valence-corrected chi connectivity index (χ4v) is 4.69.